The van der Waals surface area contributed by atoms with Crippen molar-refractivity contribution in [2.45, 2.75) is 18.7 Å². The summed E-state index contributed by atoms with van der Waals surface area (Å²) in [5.74, 6) is 1.86. The summed E-state index contributed by atoms with van der Waals surface area (Å²) >= 11 is 0. The Balaban J connectivity index is 1.59. The largest absolute Gasteiger partial charge is 0.493 e. The first-order valence-corrected chi connectivity index (χ1v) is 11.4. The van der Waals surface area contributed by atoms with Crippen LogP contribution in [-0.2, 0) is 10.0 Å². The second-order valence-corrected chi connectivity index (χ2v) is 8.82. The normalized spacial score (nSPS) is 11.1. The highest BCUT2D eigenvalue weighted by molar-refractivity contribution is 7.89. The highest BCUT2D eigenvalue weighted by Gasteiger charge is 2.16. The predicted octanol–water partition coefficient (Wildman–Crippen LogP) is 3.24. The van der Waals surface area contributed by atoms with E-state index < -0.39 is 10.0 Å². The third-order valence-electron chi connectivity index (χ3n) is 4.54. The Labute approximate surface area is 188 Å². The minimum atomic E-state index is -3.71. The maximum Gasteiger partial charge on any atom is 0.240 e. The third kappa shape index (κ3) is 6.08. The first-order chi connectivity index (χ1) is 15.3. The molecule has 170 valence electrons. The van der Waals surface area contributed by atoms with Crippen LogP contribution in [0, 0.1) is 13.8 Å². The summed E-state index contributed by atoms with van der Waals surface area (Å²) < 4.78 is 38.0. The van der Waals surface area contributed by atoms with Crippen LogP contribution in [0.2, 0.25) is 0 Å². The zero-order valence-electron chi connectivity index (χ0n) is 18.5. The van der Waals surface area contributed by atoms with Crippen molar-refractivity contribution in [1.29, 1.82) is 0 Å². The summed E-state index contributed by atoms with van der Waals surface area (Å²) in [6, 6.07) is 14.2. The fourth-order valence-electron chi connectivity index (χ4n) is 2.92. The monoisotopic (exact) mass is 457 g/mol. The Morgan fingerprint density at radius 2 is 1.59 bits per heavy atom. The molecule has 0 radical (unpaired) electrons. The molecule has 3 aromatic rings. The molecule has 0 saturated carbocycles. The van der Waals surface area contributed by atoms with Crippen LogP contribution in [0.4, 0.5) is 17.5 Å². The van der Waals surface area contributed by atoms with Crippen molar-refractivity contribution in [3.8, 4) is 11.5 Å². The average molecular weight is 458 g/mol. The molecular weight excluding hydrogens is 430 g/mol. The second kappa shape index (κ2) is 10.3. The number of aryl methyl sites for hydroxylation is 2. The number of aromatic nitrogens is 2. The van der Waals surface area contributed by atoms with E-state index in [-0.39, 0.29) is 11.4 Å². The molecule has 0 unspecified atom stereocenters. The standard InChI is InChI=1S/C22H27N5O4S/c1-15-5-7-17(8-6-15)26-21-13-16(2)25-22(27-21)23-11-12-24-32(28,29)18-9-10-19(30-3)20(14-18)31-4/h5-10,13-14,24H,11-12H2,1-4H3,(H2,23,25,26,27). The number of anilines is 3. The minimum Gasteiger partial charge on any atom is -0.493 e. The molecule has 32 heavy (non-hydrogen) atoms. The van der Waals surface area contributed by atoms with Crippen LogP contribution < -0.4 is 24.8 Å². The van der Waals surface area contributed by atoms with Crippen molar-refractivity contribution in [3.05, 3.63) is 59.8 Å². The Morgan fingerprint density at radius 1 is 0.875 bits per heavy atom. The van der Waals surface area contributed by atoms with Gasteiger partial charge in [0.05, 0.1) is 19.1 Å². The van der Waals surface area contributed by atoms with Crippen molar-refractivity contribution >= 4 is 27.5 Å². The number of hydrogen-bond donors (Lipinski definition) is 3. The minimum absolute atomic E-state index is 0.0894. The van der Waals surface area contributed by atoms with Gasteiger partial charge in [0, 0.05) is 36.6 Å². The van der Waals surface area contributed by atoms with Crippen LogP contribution in [0.25, 0.3) is 0 Å². The van der Waals surface area contributed by atoms with Crippen LogP contribution in [0.5, 0.6) is 11.5 Å². The maximum absolute atomic E-state index is 12.6. The van der Waals surface area contributed by atoms with Gasteiger partial charge in [0.1, 0.15) is 5.82 Å². The molecule has 0 fully saturated rings. The molecule has 0 spiro atoms. The van der Waals surface area contributed by atoms with E-state index in [1.807, 2.05) is 44.2 Å². The molecule has 0 aliphatic carbocycles. The van der Waals surface area contributed by atoms with E-state index in [4.69, 9.17) is 9.47 Å². The zero-order valence-corrected chi connectivity index (χ0v) is 19.3. The van der Waals surface area contributed by atoms with E-state index in [0.29, 0.717) is 29.8 Å². The number of ether oxygens (including phenoxy) is 2. The number of hydrogen-bond acceptors (Lipinski definition) is 8. The fourth-order valence-corrected chi connectivity index (χ4v) is 3.97. The van der Waals surface area contributed by atoms with Gasteiger partial charge in [-0.3, -0.25) is 0 Å². The lowest BCUT2D eigenvalue weighted by molar-refractivity contribution is 0.354. The van der Waals surface area contributed by atoms with Gasteiger partial charge in [-0.1, -0.05) is 17.7 Å². The topological polar surface area (TPSA) is 114 Å². The number of nitrogens with zero attached hydrogens (tertiary/aromatic N) is 2. The number of benzene rings is 2. The Kier molecular flexibility index (Phi) is 7.49. The quantitative estimate of drug-likeness (QED) is 0.398. The van der Waals surface area contributed by atoms with Crippen LogP contribution in [0.1, 0.15) is 11.3 Å². The molecule has 1 aromatic heterocycles. The lowest BCUT2D eigenvalue weighted by atomic mass is 10.2. The summed E-state index contributed by atoms with van der Waals surface area (Å²) in [6.45, 7) is 4.35. The zero-order chi connectivity index (χ0) is 23.1. The lowest BCUT2D eigenvalue weighted by Gasteiger charge is -2.12. The highest BCUT2D eigenvalue weighted by Crippen LogP contribution is 2.29. The van der Waals surface area contributed by atoms with Gasteiger partial charge in [-0.2, -0.15) is 4.98 Å². The molecule has 3 N–H and O–H groups in total. The van der Waals surface area contributed by atoms with Gasteiger partial charge in [0.2, 0.25) is 16.0 Å². The van der Waals surface area contributed by atoms with Gasteiger partial charge in [-0.05, 0) is 38.1 Å². The van der Waals surface area contributed by atoms with Crippen LogP contribution in [0.3, 0.4) is 0 Å². The number of rotatable bonds is 10. The molecule has 10 heteroatoms. The van der Waals surface area contributed by atoms with Gasteiger partial charge in [-0.25, -0.2) is 18.1 Å². The van der Waals surface area contributed by atoms with Gasteiger partial charge in [-0.15, -0.1) is 0 Å². The molecule has 0 saturated heterocycles. The Hall–Kier alpha value is -3.37. The first kappa shape index (κ1) is 23.3. The molecule has 0 aliphatic rings. The predicted molar refractivity (Wildman–Crippen MR) is 124 cm³/mol. The summed E-state index contributed by atoms with van der Waals surface area (Å²) in [7, 11) is -0.767. The summed E-state index contributed by atoms with van der Waals surface area (Å²) in [6.07, 6.45) is 0. The number of nitrogens with one attached hydrogen (secondary N) is 3. The molecule has 0 aliphatic heterocycles. The van der Waals surface area contributed by atoms with Gasteiger partial charge < -0.3 is 20.1 Å². The van der Waals surface area contributed by atoms with Crippen LogP contribution >= 0.6 is 0 Å². The van der Waals surface area contributed by atoms with Gasteiger partial charge in [0.15, 0.2) is 11.5 Å². The SMILES string of the molecule is COc1ccc(S(=O)(=O)NCCNc2nc(C)cc(Nc3ccc(C)cc3)n2)cc1OC. The van der Waals surface area contributed by atoms with E-state index >= 15 is 0 Å². The Bertz CT molecular complexity index is 1170. The molecule has 0 bridgehead atoms. The average Bonchev–Trinajstić information content (AvgIpc) is 2.77. The van der Waals surface area contributed by atoms with E-state index in [1.54, 1.807) is 6.07 Å². The first-order valence-electron chi connectivity index (χ1n) is 9.95. The van der Waals surface area contributed by atoms with Crippen LogP contribution in [0.15, 0.2) is 53.4 Å². The van der Waals surface area contributed by atoms with Gasteiger partial charge in [0.25, 0.3) is 0 Å². The smallest absolute Gasteiger partial charge is 0.240 e. The van der Waals surface area contributed by atoms with Crippen molar-refractivity contribution in [1.82, 2.24) is 14.7 Å². The maximum atomic E-state index is 12.6. The number of methoxy groups -OCH3 is 2. The molecule has 2 aromatic carbocycles. The lowest BCUT2D eigenvalue weighted by Crippen LogP contribution is -2.29. The van der Waals surface area contributed by atoms with E-state index in [2.05, 4.69) is 25.3 Å². The summed E-state index contributed by atoms with van der Waals surface area (Å²) in [4.78, 5) is 8.89. The number of sulfonamides is 1. The molecule has 3 rings (SSSR count). The molecule has 0 atom stereocenters. The molecule has 9 nitrogen and oxygen atoms in total. The van der Waals surface area contributed by atoms with Gasteiger partial charge >= 0.3 is 0 Å². The fraction of sp³-hybridized carbons (Fsp3) is 0.273. The van der Waals surface area contributed by atoms with Crippen LogP contribution in [-0.4, -0.2) is 45.7 Å². The van der Waals surface area contributed by atoms with Crippen molar-refractivity contribution in [3.63, 3.8) is 0 Å². The molecular formula is C22H27N5O4S. The molecule has 1 heterocycles. The van der Waals surface area contributed by atoms with Crippen molar-refractivity contribution in [2.75, 3.05) is 37.9 Å². The summed E-state index contributed by atoms with van der Waals surface area (Å²) in [5, 5.41) is 6.30. The Morgan fingerprint density at radius 3 is 2.28 bits per heavy atom. The summed E-state index contributed by atoms with van der Waals surface area (Å²) in [5.41, 5.74) is 2.87. The van der Waals surface area contributed by atoms with E-state index in [1.165, 1.54) is 31.9 Å². The van der Waals surface area contributed by atoms with Crippen molar-refractivity contribution < 1.29 is 17.9 Å². The second-order valence-electron chi connectivity index (χ2n) is 7.05. The van der Waals surface area contributed by atoms with Crippen molar-refractivity contribution in [2.24, 2.45) is 0 Å². The molecule has 0 amide bonds. The third-order valence-corrected chi connectivity index (χ3v) is 6.00. The highest BCUT2D eigenvalue weighted by atomic mass is 32.2. The van der Waals surface area contributed by atoms with E-state index in [0.717, 1.165) is 11.4 Å². The van der Waals surface area contributed by atoms with E-state index in [9.17, 15) is 8.42 Å².